The van der Waals surface area contributed by atoms with Gasteiger partial charge in [0, 0.05) is 60.8 Å². The fourth-order valence-corrected chi connectivity index (χ4v) is 4.60. The molecule has 0 radical (unpaired) electrons. The zero-order chi connectivity index (χ0) is 18.8. The minimum Gasteiger partial charge on any atom is -0.361 e. The molecular weight excluding hydrogens is 362 g/mol. The summed E-state index contributed by atoms with van der Waals surface area (Å²) in [4.78, 5) is 23.5. The van der Waals surface area contributed by atoms with Gasteiger partial charge in [0.05, 0.1) is 11.3 Å². The van der Waals surface area contributed by atoms with Gasteiger partial charge in [0.2, 0.25) is 0 Å². The minimum absolute atomic E-state index is 0.0122. The number of H-pyrrole nitrogens is 1. The molecule has 2 N–H and O–H groups in total. The molecule has 0 unspecified atom stereocenters. The lowest BCUT2D eigenvalue weighted by molar-refractivity contribution is 0.0952. The number of amides is 1. The first-order chi connectivity index (χ1) is 13.1. The number of fused-ring (bicyclic) bond motifs is 1. The number of nitrogens with zero attached hydrogens (tertiary/aromatic N) is 3. The monoisotopic (exact) mass is 385 g/mol. The first kappa shape index (κ1) is 17.9. The lowest BCUT2D eigenvalue weighted by atomic mass is 10.0. The van der Waals surface area contributed by atoms with E-state index in [9.17, 15) is 4.79 Å². The maximum Gasteiger partial charge on any atom is 0.252 e. The van der Waals surface area contributed by atoms with E-state index in [2.05, 4.69) is 25.3 Å². The molecule has 0 spiro atoms. The molecule has 1 amide bonds. The Bertz CT molecular complexity index is 909. The quantitative estimate of drug-likeness (QED) is 0.681. The topological polar surface area (TPSA) is 87.1 Å². The first-order valence-electron chi connectivity index (χ1n) is 9.11. The molecule has 0 fully saturated rings. The molecule has 0 bridgehead atoms. The van der Waals surface area contributed by atoms with E-state index in [1.807, 2.05) is 19.2 Å². The third-order valence-corrected chi connectivity index (χ3v) is 6.05. The van der Waals surface area contributed by atoms with E-state index in [-0.39, 0.29) is 5.91 Å². The van der Waals surface area contributed by atoms with Crippen LogP contribution in [0.3, 0.4) is 0 Å². The molecule has 0 aromatic carbocycles. The summed E-state index contributed by atoms with van der Waals surface area (Å²) in [6.07, 6.45) is 5.11. The van der Waals surface area contributed by atoms with Gasteiger partial charge >= 0.3 is 0 Å². The SMILES string of the molecule is Cc1noc(C)c1CN1CCc2c(C(=O)NCCc3ncc[nH]3)csc2C1. The largest absolute Gasteiger partial charge is 0.361 e. The van der Waals surface area contributed by atoms with Crippen LogP contribution >= 0.6 is 11.3 Å². The second-order valence-electron chi connectivity index (χ2n) is 6.86. The van der Waals surface area contributed by atoms with Crippen LogP contribution in [0.4, 0.5) is 0 Å². The summed E-state index contributed by atoms with van der Waals surface area (Å²) in [5, 5.41) is 9.04. The summed E-state index contributed by atoms with van der Waals surface area (Å²) in [7, 11) is 0. The Kier molecular flexibility index (Phi) is 5.09. The molecule has 0 saturated heterocycles. The fourth-order valence-electron chi connectivity index (χ4n) is 3.48. The lowest BCUT2D eigenvalue weighted by Gasteiger charge is -2.27. The van der Waals surface area contributed by atoms with Gasteiger partial charge in [-0.2, -0.15) is 0 Å². The highest BCUT2D eigenvalue weighted by atomic mass is 32.1. The number of aromatic amines is 1. The molecule has 1 aliphatic rings. The lowest BCUT2D eigenvalue weighted by Crippen LogP contribution is -2.31. The smallest absolute Gasteiger partial charge is 0.252 e. The van der Waals surface area contributed by atoms with Crippen LogP contribution in [0.15, 0.2) is 22.3 Å². The first-order valence-corrected chi connectivity index (χ1v) is 9.99. The predicted molar refractivity (Wildman–Crippen MR) is 103 cm³/mol. The molecule has 27 heavy (non-hydrogen) atoms. The molecule has 3 aromatic heterocycles. The number of carbonyl (C=O) groups is 1. The van der Waals surface area contributed by atoms with Crippen molar-refractivity contribution in [2.75, 3.05) is 13.1 Å². The van der Waals surface area contributed by atoms with Crippen molar-refractivity contribution in [3.63, 3.8) is 0 Å². The second kappa shape index (κ2) is 7.66. The molecule has 3 aromatic rings. The van der Waals surface area contributed by atoms with E-state index >= 15 is 0 Å². The molecule has 0 aliphatic carbocycles. The van der Waals surface area contributed by atoms with Gasteiger partial charge in [-0.25, -0.2) is 4.98 Å². The van der Waals surface area contributed by atoms with E-state index < -0.39 is 0 Å². The molecule has 0 atom stereocenters. The van der Waals surface area contributed by atoms with Crippen molar-refractivity contribution in [2.24, 2.45) is 0 Å². The number of nitrogens with one attached hydrogen (secondary N) is 2. The van der Waals surface area contributed by atoms with Crippen LogP contribution < -0.4 is 5.32 Å². The Morgan fingerprint density at radius 3 is 3.07 bits per heavy atom. The molecule has 4 heterocycles. The molecule has 1 aliphatic heterocycles. The normalized spacial score (nSPS) is 14.3. The number of thiophene rings is 1. The van der Waals surface area contributed by atoms with Crippen LogP contribution in [-0.2, 0) is 25.9 Å². The van der Waals surface area contributed by atoms with Gasteiger partial charge in [-0.3, -0.25) is 9.69 Å². The van der Waals surface area contributed by atoms with Crippen LogP contribution in [0.2, 0.25) is 0 Å². The number of rotatable bonds is 6. The molecule has 4 rings (SSSR count). The van der Waals surface area contributed by atoms with Crippen molar-refractivity contribution < 1.29 is 9.32 Å². The summed E-state index contributed by atoms with van der Waals surface area (Å²) in [6, 6.07) is 0. The molecular formula is C19H23N5O2S. The third-order valence-electron chi connectivity index (χ3n) is 5.04. The van der Waals surface area contributed by atoms with Crippen molar-refractivity contribution >= 4 is 17.2 Å². The van der Waals surface area contributed by atoms with Crippen molar-refractivity contribution in [1.82, 2.24) is 25.3 Å². The Morgan fingerprint density at radius 2 is 2.33 bits per heavy atom. The van der Waals surface area contributed by atoms with Gasteiger partial charge in [0.15, 0.2) is 0 Å². The summed E-state index contributed by atoms with van der Waals surface area (Å²) in [5.41, 5.74) is 4.16. The Labute approximate surface area is 161 Å². The number of imidazole rings is 1. The standard InChI is InChI=1S/C19H23N5O2S/c1-12-15(13(2)26-23-12)9-24-8-4-14-16(11-27-17(14)10-24)19(25)22-5-3-18-20-6-7-21-18/h6-7,11H,3-5,8-10H2,1-2H3,(H,20,21)(H,22,25). The Morgan fingerprint density at radius 1 is 1.44 bits per heavy atom. The van der Waals surface area contributed by atoms with Crippen LogP contribution in [0, 0.1) is 13.8 Å². The molecule has 0 saturated carbocycles. The summed E-state index contributed by atoms with van der Waals surface area (Å²) >= 11 is 1.68. The summed E-state index contributed by atoms with van der Waals surface area (Å²) in [6.45, 7) is 7.15. The molecule has 142 valence electrons. The van der Waals surface area contributed by atoms with E-state index in [0.717, 1.165) is 48.9 Å². The third kappa shape index (κ3) is 3.81. The average molecular weight is 385 g/mol. The van der Waals surface area contributed by atoms with Crippen LogP contribution in [0.5, 0.6) is 0 Å². The molecule has 7 nitrogen and oxygen atoms in total. The van der Waals surface area contributed by atoms with Crippen molar-refractivity contribution in [2.45, 2.75) is 39.8 Å². The number of carbonyl (C=O) groups excluding carboxylic acids is 1. The van der Waals surface area contributed by atoms with E-state index in [4.69, 9.17) is 4.52 Å². The van der Waals surface area contributed by atoms with Crippen LogP contribution in [0.1, 0.15) is 43.6 Å². The van der Waals surface area contributed by atoms with Crippen molar-refractivity contribution in [3.05, 3.63) is 56.6 Å². The zero-order valence-electron chi connectivity index (χ0n) is 15.5. The average Bonchev–Trinajstić information content (AvgIpc) is 3.38. The predicted octanol–water partition coefficient (Wildman–Crippen LogP) is 2.61. The fraction of sp³-hybridized carbons (Fsp3) is 0.421. The summed E-state index contributed by atoms with van der Waals surface area (Å²) < 4.78 is 5.27. The number of hydrogen-bond acceptors (Lipinski definition) is 6. The maximum atomic E-state index is 12.6. The number of hydrogen-bond donors (Lipinski definition) is 2. The van der Waals surface area contributed by atoms with Crippen LogP contribution in [-0.4, -0.2) is 39.0 Å². The van der Waals surface area contributed by atoms with Gasteiger partial charge in [-0.05, 0) is 25.8 Å². The zero-order valence-corrected chi connectivity index (χ0v) is 16.4. The van der Waals surface area contributed by atoms with Crippen LogP contribution in [0.25, 0.3) is 0 Å². The van der Waals surface area contributed by atoms with Crippen molar-refractivity contribution in [3.8, 4) is 0 Å². The highest BCUT2D eigenvalue weighted by Crippen LogP contribution is 2.30. The highest BCUT2D eigenvalue weighted by Gasteiger charge is 2.25. The maximum absolute atomic E-state index is 12.6. The van der Waals surface area contributed by atoms with Gasteiger partial charge in [0.1, 0.15) is 11.6 Å². The minimum atomic E-state index is 0.0122. The second-order valence-corrected chi connectivity index (χ2v) is 7.82. The Balaban J connectivity index is 1.37. The highest BCUT2D eigenvalue weighted by molar-refractivity contribution is 7.10. The van der Waals surface area contributed by atoms with E-state index in [1.54, 1.807) is 23.7 Å². The summed E-state index contributed by atoms with van der Waals surface area (Å²) in [5.74, 6) is 1.79. The van der Waals surface area contributed by atoms with E-state index in [0.29, 0.717) is 13.0 Å². The van der Waals surface area contributed by atoms with Gasteiger partial charge in [0.25, 0.3) is 5.91 Å². The van der Waals surface area contributed by atoms with Gasteiger partial charge in [-0.15, -0.1) is 11.3 Å². The Hall–Kier alpha value is -2.45. The van der Waals surface area contributed by atoms with E-state index in [1.165, 1.54) is 16.0 Å². The number of aromatic nitrogens is 3. The van der Waals surface area contributed by atoms with Crippen molar-refractivity contribution in [1.29, 1.82) is 0 Å². The van der Waals surface area contributed by atoms with Gasteiger partial charge < -0.3 is 14.8 Å². The van der Waals surface area contributed by atoms with Gasteiger partial charge in [-0.1, -0.05) is 5.16 Å². The molecule has 8 heteroatoms. The number of aryl methyl sites for hydroxylation is 2.